The SMILES string of the molecule is O=C1C(=O)c2ccc(C(O)C(O)C(=O)O)cc2-c2ccccc21. The number of carboxylic acid groups (broad SMARTS) is 1. The van der Waals surface area contributed by atoms with E-state index in [-0.39, 0.29) is 16.7 Å². The maximum Gasteiger partial charge on any atom is 0.335 e. The highest BCUT2D eigenvalue weighted by Gasteiger charge is 2.32. The summed E-state index contributed by atoms with van der Waals surface area (Å²) < 4.78 is 0. The van der Waals surface area contributed by atoms with Gasteiger partial charge in [0.25, 0.3) is 0 Å². The Labute approximate surface area is 130 Å². The number of fused-ring (bicyclic) bond motifs is 3. The Kier molecular flexibility index (Phi) is 3.55. The second-order valence-corrected chi connectivity index (χ2v) is 5.24. The fourth-order valence-electron chi connectivity index (χ4n) is 2.64. The van der Waals surface area contributed by atoms with Crippen LogP contribution in [-0.4, -0.2) is 39.0 Å². The standard InChI is InChI=1S/C17H12O6/c18-13(16(21)17(22)23)8-5-6-11-12(7-8)9-3-1-2-4-10(9)14(19)15(11)20/h1-7,13,16,18,21H,(H,22,23). The molecule has 1 aliphatic rings. The number of Topliss-reactive ketones (excluding diaryl/α,β-unsaturated/α-hetero) is 2. The van der Waals surface area contributed by atoms with Crippen molar-refractivity contribution in [2.75, 3.05) is 0 Å². The van der Waals surface area contributed by atoms with Gasteiger partial charge < -0.3 is 15.3 Å². The summed E-state index contributed by atoms with van der Waals surface area (Å²) in [6.45, 7) is 0. The van der Waals surface area contributed by atoms with Crippen LogP contribution in [0.5, 0.6) is 0 Å². The van der Waals surface area contributed by atoms with Gasteiger partial charge in [-0.1, -0.05) is 30.3 Å². The number of aliphatic hydroxyl groups excluding tert-OH is 2. The first-order valence-electron chi connectivity index (χ1n) is 6.83. The largest absolute Gasteiger partial charge is 0.479 e. The third-order valence-corrected chi connectivity index (χ3v) is 3.85. The molecule has 2 unspecified atom stereocenters. The second kappa shape index (κ2) is 5.42. The molecule has 0 bridgehead atoms. The molecule has 0 amide bonds. The van der Waals surface area contributed by atoms with Gasteiger partial charge in [-0.05, 0) is 28.8 Å². The third-order valence-electron chi connectivity index (χ3n) is 3.85. The maximum atomic E-state index is 12.1. The molecule has 116 valence electrons. The number of hydrogen-bond donors (Lipinski definition) is 3. The minimum Gasteiger partial charge on any atom is -0.479 e. The first-order chi connectivity index (χ1) is 10.9. The summed E-state index contributed by atoms with van der Waals surface area (Å²) in [7, 11) is 0. The van der Waals surface area contributed by atoms with Crippen molar-refractivity contribution in [1.29, 1.82) is 0 Å². The van der Waals surface area contributed by atoms with Gasteiger partial charge in [-0.15, -0.1) is 0 Å². The van der Waals surface area contributed by atoms with E-state index in [1.165, 1.54) is 24.3 Å². The van der Waals surface area contributed by atoms with Crippen molar-refractivity contribution in [3.63, 3.8) is 0 Å². The molecule has 2 aromatic carbocycles. The van der Waals surface area contributed by atoms with Crippen LogP contribution < -0.4 is 0 Å². The molecule has 23 heavy (non-hydrogen) atoms. The maximum absolute atomic E-state index is 12.1. The molecule has 2 aromatic rings. The summed E-state index contributed by atoms with van der Waals surface area (Å²) in [5, 5.41) is 28.2. The number of carbonyl (C=O) groups is 3. The number of carbonyl (C=O) groups excluding carboxylic acids is 2. The van der Waals surface area contributed by atoms with Gasteiger partial charge >= 0.3 is 5.97 Å². The third kappa shape index (κ3) is 2.34. The first kappa shape index (κ1) is 15.1. The molecular formula is C17H12O6. The predicted octanol–water partition coefficient (Wildman–Crippen LogP) is 1.21. The van der Waals surface area contributed by atoms with Crippen LogP contribution in [0.3, 0.4) is 0 Å². The van der Waals surface area contributed by atoms with E-state index < -0.39 is 29.7 Å². The Morgan fingerprint density at radius 3 is 2.00 bits per heavy atom. The zero-order valence-corrected chi connectivity index (χ0v) is 11.8. The van der Waals surface area contributed by atoms with Crippen LogP contribution in [-0.2, 0) is 4.79 Å². The van der Waals surface area contributed by atoms with Gasteiger partial charge in [0.15, 0.2) is 6.10 Å². The summed E-state index contributed by atoms with van der Waals surface area (Å²) in [5.41, 5.74) is 1.56. The second-order valence-electron chi connectivity index (χ2n) is 5.24. The molecule has 0 saturated carbocycles. The molecule has 3 rings (SSSR count). The molecule has 0 fully saturated rings. The van der Waals surface area contributed by atoms with Gasteiger partial charge in [-0.2, -0.15) is 0 Å². The minimum absolute atomic E-state index is 0.149. The van der Waals surface area contributed by atoms with E-state index in [1.54, 1.807) is 18.2 Å². The van der Waals surface area contributed by atoms with Crippen molar-refractivity contribution in [3.05, 3.63) is 59.2 Å². The Hall–Kier alpha value is -2.83. The molecule has 3 N–H and O–H groups in total. The van der Waals surface area contributed by atoms with Crippen molar-refractivity contribution in [1.82, 2.24) is 0 Å². The van der Waals surface area contributed by atoms with E-state index in [0.29, 0.717) is 11.1 Å². The fourth-order valence-corrected chi connectivity index (χ4v) is 2.64. The number of benzene rings is 2. The Morgan fingerprint density at radius 2 is 1.39 bits per heavy atom. The lowest BCUT2D eigenvalue weighted by atomic mass is 9.82. The molecule has 0 heterocycles. The highest BCUT2D eigenvalue weighted by molar-refractivity contribution is 6.52. The van der Waals surface area contributed by atoms with E-state index in [9.17, 15) is 24.6 Å². The van der Waals surface area contributed by atoms with Crippen molar-refractivity contribution >= 4 is 17.5 Å². The molecular weight excluding hydrogens is 300 g/mol. The van der Waals surface area contributed by atoms with Crippen molar-refractivity contribution in [2.45, 2.75) is 12.2 Å². The van der Waals surface area contributed by atoms with Crippen LogP contribution in [0.4, 0.5) is 0 Å². The number of hydrogen-bond acceptors (Lipinski definition) is 5. The molecule has 2 atom stereocenters. The normalized spacial score (nSPS) is 15.6. The highest BCUT2D eigenvalue weighted by Crippen LogP contribution is 2.35. The van der Waals surface area contributed by atoms with E-state index in [4.69, 9.17) is 5.11 Å². The van der Waals surface area contributed by atoms with Crippen LogP contribution in [0.25, 0.3) is 11.1 Å². The number of aliphatic hydroxyl groups is 2. The molecule has 0 radical (unpaired) electrons. The molecule has 0 spiro atoms. The predicted molar refractivity (Wildman–Crippen MR) is 79.1 cm³/mol. The Balaban J connectivity index is 2.16. The average molecular weight is 312 g/mol. The molecule has 1 aliphatic carbocycles. The molecule has 6 nitrogen and oxygen atoms in total. The lowest BCUT2D eigenvalue weighted by molar-refractivity contribution is -0.153. The van der Waals surface area contributed by atoms with E-state index in [1.807, 2.05) is 0 Å². The molecule has 0 aliphatic heterocycles. The lowest BCUT2D eigenvalue weighted by Gasteiger charge is -2.21. The molecule has 0 aromatic heterocycles. The smallest absolute Gasteiger partial charge is 0.335 e. The van der Waals surface area contributed by atoms with Crippen molar-refractivity contribution in [3.8, 4) is 11.1 Å². The van der Waals surface area contributed by atoms with Crippen LogP contribution in [0.1, 0.15) is 32.4 Å². The Bertz CT molecular complexity index is 839. The molecule has 0 saturated heterocycles. The zero-order chi connectivity index (χ0) is 16.7. The summed E-state index contributed by atoms with van der Waals surface area (Å²) in [6.07, 6.45) is -3.62. The summed E-state index contributed by atoms with van der Waals surface area (Å²) in [4.78, 5) is 35.0. The highest BCUT2D eigenvalue weighted by atomic mass is 16.4. The van der Waals surface area contributed by atoms with Gasteiger partial charge in [0.05, 0.1) is 0 Å². The summed E-state index contributed by atoms with van der Waals surface area (Å²) >= 11 is 0. The van der Waals surface area contributed by atoms with Gasteiger partial charge in [0, 0.05) is 11.1 Å². The van der Waals surface area contributed by atoms with Crippen molar-refractivity contribution in [2.24, 2.45) is 0 Å². The number of aliphatic carboxylic acids is 1. The monoisotopic (exact) mass is 312 g/mol. The van der Waals surface area contributed by atoms with Gasteiger partial charge in [-0.25, -0.2) is 4.79 Å². The van der Waals surface area contributed by atoms with Gasteiger partial charge in [0.2, 0.25) is 11.6 Å². The van der Waals surface area contributed by atoms with E-state index >= 15 is 0 Å². The minimum atomic E-state index is -1.98. The number of ketones is 2. The van der Waals surface area contributed by atoms with Crippen LogP contribution >= 0.6 is 0 Å². The van der Waals surface area contributed by atoms with Crippen LogP contribution in [0.15, 0.2) is 42.5 Å². The summed E-state index contributed by atoms with van der Waals surface area (Å²) in [5.74, 6) is -2.81. The quantitative estimate of drug-likeness (QED) is 0.735. The van der Waals surface area contributed by atoms with Crippen molar-refractivity contribution < 1.29 is 29.7 Å². The van der Waals surface area contributed by atoms with Crippen LogP contribution in [0, 0.1) is 0 Å². The average Bonchev–Trinajstić information content (AvgIpc) is 2.57. The first-order valence-corrected chi connectivity index (χ1v) is 6.83. The number of rotatable bonds is 3. The van der Waals surface area contributed by atoms with E-state index in [2.05, 4.69) is 0 Å². The van der Waals surface area contributed by atoms with Gasteiger partial charge in [0.1, 0.15) is 6.10 Å². The number of carboxylic acids is 1. The topological polar surface area (TPSA) is 112 Å². The summed E-state index contributed by atoms with van der Waals surface area (Å²) in [6, 6.07) is 10.7. The zero-order valence-electron chi connectivity index (χ0n) is 11.8. The van der Waals surface area contributed by atoms with E-state index in [0.717, 1.165) is 0 Å². The Morgan fingerprint density at radius 1 is 0.826 bits per heavy atom. The lowest BCUT2D eigenvalue weighted by Crippen LogP contribution is -2.28. The molecule has 6 heteroatoms. The van der Waals surface area contributed by atoms with Gasteiger partial charge in [-0.3, -0.25) is 9.59 Å². The van der Waals surface area contributed by atoms with Crippen LogP contribution in [0.2, 0.25) is 0 Å². The fraction of sp³-hybridized carbons (Fsp3) is 0.118.